The van der Waals surface area contributed by atoms with Gasteiger partial charge in [-0.15, -0.1) is 11.3 Å². The van der Waals surface area contributed by atoms with E-state index < -0.39 is 17.6 Å². The molecule has 1 aliphatic rings. The van der Waals surface area contributed by atoms with Crippen molar-refractivity contribution in [3.63, 3.8) is 0 Å². The second-order valence-corrected chi connectivity index (χ2v) is 5.31. The third kappa shape index (κ3) is 1.94. The Kier molecular flexibility index (Phi) is 2.67. The number of carbonyl (C=O) groups excluding carboxylic acids is 2. The van der Waals surface area contributed by atoms with Gasteiger partial charge in [0.2, 0.25) is 0 Å². The van der Waals surface area contributed by atoms with Gasteiger partial charge in [0.15, 0.2) is 0 Å². The summed E-state index contributed by atoms with van der Waals surface area (Å²) in [5, 5.41) is 2.68. The average Bonchev–Trinajstić information content (AvgIpc) is 2.88. The summed E-state index contributed by atoms with van der Waals surface area (Å²) >= 11 is 1.46. The highest BCUT2D eigenvalue weighted by atomic mass is 32.1. The van der Waals surface area contributed by atoms with Crippen molar-refractivity contribution in [2.24, 2.45) is 0 Å². The number of aryl methyl sites for hydroxylation is 1. The number of hydrogen-bond donors (Lipinski definition) is 0. The van der Waals surface area contributed by atoms with Crippen LogP contribution in [0.4, 0.5) is 4.39 Å². The minimum Gasteiger partial charge on any atom is -0.269 e. The summed E-state index contributed by atoms with van der Waals surface area (Å²) in [6, 6.07) is 3.62. The molecule has 0 radical (unpaired) electrons. The Bertz CT molecular complexity index is 696. The summed E-state index contributed by atoms with van der Waals surface area (Å²) in [7, 11) is 0. The quantitative estimate of drug-likeness (QED) is 0.791. The second kappa shape index (κ2) is 4.24. The molecule has 2 heterocycles. The van der Waals surface area contributed by atoms with Gasteiger partial charge in [0.1, 0.15) is 5.82 Å². The zero-order valence-corrected chi connectivity index (χ0v) is 10.8. The molecule has 1 aromatic carbocycles. The number of halogens is 1. The van der Waals surface area contributed by atoms with Gasteiger partial charge in [-0.2, -0.15) is 0 Å². The summed E-state index contributed by atoms with van der Waals surface area (Å²) in [5.41, 5.74) is 1.03. The molecule has 0 saturated heterocycles. The molecule has 96 valence electrons. The van der Waals surface area contributed by atoms with E-state index in [-0.39, 0.29) is 17.7 Å². The summed E-state index contributed by atoms with van der Waals surface area (Å²) in [4.78, 5) is 29.5. The van der Waals surface area contributed by atoms with Gasteiger partial charge in [0, 0.05) is 5.38 Å². The number of fused-ring (bicyclic) bond motifs is 1. The van der Waals surface area contributed by atoms with Crippen LogP contribution in [-0.2, 0) is 6.54 Å². The molecule has 4 nitrogen and oxygen atoms in total. The van der Waals surface area contributed by atoms with Crippen LogP contribution in [0.1, 0.15) is 31.4 Å². The number of aromatic nitrogens is 1. The Morgan fingerprint density at radius 2 is 2.00 bits per heavy atom. The predicted molar refractivity (Wildman–Crippen MR) is 67.5 cm³/mol. The first-order valence-corrected chi connectivity index (χ1v) is 6.51. The molecule has 0 bridgehead atoms. The highest BCUT2D eigenvalue weighted by molar-refractivity contribution is 7.09. The fourth-order valence-electron chi connectivity index (χ4n) is 2.05. The van der Waals surface area contributed by atoms with Gasteiger partial charge >= 0.3 is 0 Å². The van der Waals surface area contributed by atoms with Crippen LogP contribution in [0.5, 0.6) is 0 Å². The number of rotatable bonds is 2. The standard InChI is InChI=1S/C13H9FN2O2S/c1-7-15-9(6-19-7)5-16-12(17)10-3-2-8(14)4-11(10)13(16)18/h2-4,6H,5H2,1H3. The van der Waals surface area contributed by atoms with Crippen molar-refractivity contribution < 1.29 is 14.0 Å². The van der Waals surface area contributed by atoms with Gasteiger partial charge in [0.05, 0.1) is 28.4 Å². The first-order valence-electron chi connectivity index (χ1n) is 5.63. The van der Waals surface area contributed by atoms with E-state index in [4.69, 9.17) is 0 Å². The molecule has 2 aromatic rings. The lowest BCUT2D eigenvalue weighted by Gasteiger charge is -2.11. The Morgan fingerprint density at radius 3 is 2.68 bits per heavy atom. The van der Waals surface area contributed by atoms with Gasteiger partial charge in [-0.05, 0) is 25.1 Å². The molecule has 0 fully saturated rings. The van der Waals surface area contributed by atoms with Crippen LogP contribution in [0.2, 0.25) is 0 Å². The number of thiazole rings is 1. The van der Waals surface area contributed by atoms with Crippen molar-refractivity contribution in [1.29, 1.82) is 0 Å². The van der Waals surface area contributed by atoms with Crippen LogP contribution in [0.3, 0.4) is 0 Å². The normalized spacial score (nSPS) is 14.1. The number of hydrogen-bond acceptors (Lipinski definition) is 4. The maximum absolute atomic E-state index is 13.1. The molecule has 0 spiro atoms. The molecule has 0 atom stereocenters. The van der Waals surface area contributed by atoms with E-state index >= 15 is 0 Å². The number of nitrogens with zero attached hydrogens (tertiary/aromatic N) is 2. The van der Waals surface area contributed by atoms with Crippen molar-refractivity contribution in [2.75, 3.05) is 0 Å². The van der Waals surface area contributed by atoms with Gasteiger partial charge in [-0.1, -0.05) is 0 Å². The summed E-state index contributed by atoms with van der Waals surface area (Å²) in [6.07, 6.45) is 0. The first-order chi connectivity index (χ1) is 9.06. The van der Waals surface area contributed by atoms with Crippen LogP contribution in [0.25, 0.3) is 0 Å². The predicted octanol–water partition coefficient (Wildman–Crippen LogP) is 2.39. The van der Waals surface area contributed by atoms with Gasteiger partial charge in [-0.25, -0.2) is 9.37 Å². The third-order valence-corrected chi connectivity index (χ3v) is 3.74. The number of carbonyl (C=O) groups is 2. The lowest BCUT2D eigenvalue weighted by atomic mass is 10.1. The molecule has 1 aliphatic heterocycles. The summed E-state index contributed by atoms with van der Waals surface area (Å²) in [5.74, 6) is -1.39. The second-order valence-electron chi connectivity index (χ2n) is 4.24. The van der Waals surface area contributed by atoms with Crippen molar-refractivity contribution in [2.45, 2.75) is 13.5 Å². The molecule has 6 heteroatoms. The maximum Gasteiger partial charge on any atom is 0.262 e. The lowest BCUT2D eigenvalue weighted by Crippen LogP contribution is -2.29. The number of benzene rings is 1. The Hall–Kier alpha value is -2.08. The minimum atomic E-state index is -0.522. The molecular formula is C13H9FN2O2S. The van der Waals surface area contributed by atoms with Gasteiger partial charge < -0.3 is 0 Å². The highest BCUT2D eigenvalue weighted by Gasteiger charge is 2.36. The lowest BCUT2D eigenvalue weighted by molar-refractivity contribution is 0.0640. The number of amides is 2. The molecule has 19 heavy (non-hydrogen) atoms. The SMILES string of the molecule is Cc1nc(CN2C(=O)c3ccc(F)cc3C2=O)cs1. The van der Waals surface area contributed by atoms with Crippen LogP contribution < -0.4 is 0 Å². The zero-order chi connectivity index (χ0) is 13.6. The van der Waals surface area contributed by atoms with E-state index in [2.05, 4.69) is 4.98 Å². The van der Waals surface area contributed by atoms with Gasteiger partial charge in [0.25, 0.3) is 11.8 Å². The minimum absolute atomic E-state index is 0.122. The molecule has 0 saturated carbocycles. The van der Waals surface area contributed by atoms with Crippen molar-refractivity contribution in [3.05, 3.63) is 51.2 Å². The maximum atomic E-state index is 13.1. The van der Waals surface area contributed by atoms with E-state index in [0.717, 1.165) is 16.0 Å². The summed E-state index contributed by atoms with van der Waals surface area (Å²) in [6.45, 7) is 1.98. The van der Waals surface area contributed by atoms with Crippen LogP contribution in [0.15, 0.2) is 23.6 Å². The van der Waals surface area contributed by atoms with Crippen molar-refractivity contribution in [3.8, 4) is 0 Å². The Labute approximate surface area is 112 Å². The van der Waals surface area contributed by atoms with Crippen molar-refractivity contribution >= 4 is 23.2 Å². The fraction of sp³-hybridized carbons (Fsp3) is 0.154. The highest BCUT2D eigenvalue weighted by Crippen LogP contribution is 2.25. The molecular weight excluding hydrogens is 267 g/mol. The summed E-state index contributed by atoms with van der Waals surface area (Å²) < 4.78 is 13.1. The zero-order valence-electron chi connectivity index (χ0n) is 10.0. The van der Waals surface area contributed by atoms with Crippen LogP contribution in [0, 0.1) is 12.7 Å². The molecule has 3 rings (SSSR count). The molecule has 2 amide bonds. The smallest absolute Gasteiger partial charge is 0.262 e. The van der Waals surface area contributed by atoms with E-state index in [1.807, 2.05) is 6.92 Å². The molecule has 1 aromatic heterocycles. The van der Waals surface area contributed by atoms with Gasteiger partial charge in [-0.3, -0.25) is 14.5 Å². The van der Waals surface area contributed by atoms with Crippen LogP contribution in [-0.4, -0.2) is 21.7 Å². The average molecular weight is 276 g/mol. The van der Waals surface area contributed by atoms with Crippen molar-refractivity contribution in [1.82, 2.24) is 9.88 Å². The number of imide groups is 1. The Morgan fingerprint density at radius 1 is 1.26 bits per heavy atom. The molecule has 0 unspecified atom stereocenters. The molecule has 0 aliphatic carbocycles. The Balaban J connectivity index is 1.94. The van der Waals surface area contributed by atoms with E-state index in [9.17, 15) is 14.0 Å². The monoisotopic (exact) mass is 276 g/mol. The van der Waals surface area contributed by atoms with Crippen LogP contribution >= 0.6 is 11.3 Å². The third-order valence-electron chi connectivity index (χ3n) is 2.92. The first kappa shape index (κ1) is 12.0. The topological polar surface area (TPSA) is 50.3 Å². The fourth-order valence-corrected chi connectivity index (χ4v) is 2.65. The van der Waals surface area contributed by atoms with E-state index in [0.29, 0.717) is 5.69 Å². The van der Waals surface area contributed by atoms with E-state index in [1.54, 1.807) is 5.38 Å². The molecule has 0 N–H and O–H groups in total. The van der Waals surface area contributed by atoms with E-state index in [1.165, 1.54) is 23.5 Å². The largest absolute Gasteiger partial charge is 0.269 e.